The Morgan fingerprint density at radius 1 is 1.09 bits per heavy atom. The molecule has 5 N–H and O–H groups in total. The zero-order valence-corrected chi connectivity index (χ0v) is 26.2. The summed E-state index contributed by atoms with van der Waals surface area (Å²) in [6.45, 7) is 1.01. The molecule has 2 saturated heterocycles. The van der Waals surface area contributed by atoms with Gasteiger partial charge < -0.3 is 36.1 Å². The van der Waals surface area contributed by atoms with Gasteiger partial charge in [-0.25, -0.2) is 14.2 Å². The highest BCUT2D eigenvalue weighted by atomic mass is 32.2. The zero-order valence-electron chi connectivity index (χ0n) is 25.3. The number of ether oxygens (including phenoxy) is 2. The molecular formula is C32H34FN7O6S. The molecule has 1 aliphatic carbocycles. The van der Waals surface area contributed by atoms with Crippen LogP contribution in [0.5, 0.6) is 11.5 Å². The zero-order chi connectivity index (χ0) is 32.8. The van der Waals surface area contributed by atoms with E-state index in [1.54, 1.807) is 24.3 Å². The Morgan fingerprint density at radius 2 is 1.94 bits per heavy atom. The molecule has 1 aromatic heterocycles. The van der Waals surface area contributed by atoms with Crippen LogP contribution in [0.15, 0.2) is 60.0 Å². The monoisotopic (exact) mass is 663 g/mol. The van der Waals surface area contributed by atoms with E-state index in [4.69, 9.17) is 9.47 Å². The van der Waals surface area contributed by atoms with Crippen LogP contribution in [-0.2, 0) is 14.4 Å². The Morgan fingerprint density at radius 3 is 2.81 bits per heavy atom. The van der Waals surface area contributed by atoms with Crippen molar-refractivity contribution in [3.8, 4) is 11.5 Å². The number of hydrogen-bond donors (Lipinski definition) is 5. The summed E-state index contributed by atoms with van der Waals surface area (Å²) in [5.74, 6) is 0.237. The number of fused-ring (bicyclic) bond motifs is 2. The topological polar surface area (TPSA) is 173 Å². The lowest BCUT2D eigenvalue weighted by molar-refractivity contribution is -0.119. The first-order valence-electron chi connectivity index (χ1n) is 15.4. The van der Waals surface area contributed by atoms with Crippen LogP contribution >= 0.6 is 11.8 Å². The lowest BCUT2D eigenvalue weighted by atomic mass is 10.0. The number of nitrogens with zero attached hydrogens (tertiary/aromatic N) is 2. The number of allylic oxidation sites excluding steroid dienone is 4. The van der Waals surface area contributed by atoms with Gasteiger partial charge in [-0.3, -0.25) is 14.4 Å². The molecule has 0 spiro atoms. The molecule has 15 heteroatoms. The number of rotatable bonds is 13. The van der Waals surface area contributed by atoms with E-state index in [0.717, 1.165) is 31.2 Å². The molecule has 13 nitrogen and oxygen atoms in total. The smallest absolute Gasteiger partial charge is 0.315 e. The largest absolute Gasteiger partial charge is 0.486 e. The minimum atomic E-state index is -0.704. The highest BCUT2D eigenvalue weighted by Crippen LogP contribution is 2.34. The highest BCUT2D eigenvalue weighted by Gasteiger charge is 2.42. The van der Waals surface area contributed by atoms with Crippen LogP contribution < -0.4 is 36.1 Å². The summed E-state index contributed by atoms with van der Waals surface area (Å²) in [5, 5.41) is 14.6. The van der Waals surface area contributed by atoms with Gasteiger partial charge in [-0.2, -0.15) is 16.7 Å². The normalized spacial score (nSPS) is 21.9. The van der Waals surface area contributed by atoms with Crippen molar-refractivity contribution in [3.05, 3.63) is 65.8 Å². The number of halogens is 1. The second-order valence-electron chi connectivity index (χ2n) is 11.3. The molecule has 1 aromatic carbocycles. The number of benzene rings is 1. The molecule has 2 aromatic rings. The number of hydrogen-bond acceptors (Lipinski definition) is 11. The summed E-state index contributed by atoms with van der Waals surface area (Å²) >= 11 is 1.85. The molecule has 3 aliphatic heterocycles. The van der Waals surface area contributed by atoms with Crippen LogP contribution in [0.4, 0.5) is 26.6 Å². The summed E-state index contributed by atoms with van der Waals surface area (Å²) in [6, 6.07) is 5.31. The van der Waals surface area contributed by atoms with Crippen LogP contribution in [0.25, 0.3) is 0 Å². The number of carbonyl (C=O) groups excluding carboxylic acids is 4. The molecule has 6 rings (SSSR count). The first-order chi connectivity index (χ1) is 22.8. The Kier molecular flexibility index (Phi) is 10.00. The fourth-order valence-corrected chi connectivity index (χ4v) is 7.16. The predicted molar refractivity (Wildman–Crippen MR) is 173 cm³/mol. The molecule has 3 amide bonds. The summed E-state index contributed by atoms with van der Waals surface area (Å²) in [5.41, 5.74) is 0.732. The van der Waals surface area contributed by atoms with E-state index in [1.807, 2.05) is 11.8 Å². The summed E-state index contributed by atoms with van der Waals surface area (Å²) in [7, 11) is 0. The Bertz CT molecular complexity index is 1660. The molecule has 0 unspecified atom stereocenters. The number of unbranched alkanes of at least 4 members (excludes halogenated alkanes) is 1. The molecule has 4 aliphatic rings. The highest BCUT2D eigenvalue weighted by molar-refractivity contribution is 8.00. The Balaban J connectivity index is 0.937. The SMILES string of the molecule is O=C(CCCC[C@@H]1SC[C@@H]2NC(=O)N[C@@H]21)CCNC(=O)C=C1C=CC=C(Nc2ncc(F)c(Nc3ccc4c(c3)OCCO4)n2)C1=O. The summed E-state index contributed by atoms with van der Waals surface area (Å²) in [6.07, 6.45) is 9.92. The maximum absolute atomic E-state index is 14.5. The number of anilines is 3. The summed E-state index contributed by atoms with van der Waals surface area (Å²) in [4.78, 5) is 57.5. The van der Waals surface area contributed by atoms with Gasteiger partial charge in [0.15, 0.2) is 23.1 Å². The number of aromatic nitrogens is 2. The molecule has 2 fully saturated rings. The lowest BCUT2D eigenvalue weighted by Gasteiger charge is -2.19. The lowest BCUT2D eigenvalue weighted by Crippen LogP contribution is -2.36. The van der Waals surface area contributed by atoms with E-state index >= 15 is 0 Å². The van der Waals surface area contributed by atoms with Crippen LogP contribution in [0.1, 0.15) is 32.1 Å². The number of Topliss-reactive ketones (excluding diaryl/α,β-unsaturated/α-hetero) is 2. The molecule has 47 heavy (non-hydrogen) atoms. The maximum Gasteiger partial charge on any atom is 0.315 e. The summed E-state index contributed by atoms with van der Waals surface area (Å²) < 4.78 is 25.6. The average Bonchev–Trinajstić information content (AvgIpc) is 3.62. The van der Waals surface area contributed by atoms with Crippen molar-refractivity contribution in [3.63, 3.8) is 0 Å². The van der Waals surface area contributed by atoms with Crippen molar-refractivity contribution < 1.29 is 33.0 Å². The average molecular weight is 664 g/mol. The van der Waals surface area contributed by atoms with Crippen LogP contribution in [0, 0.1) is 5.82 Å². The molecule has 0 saturated carbocycles. The number of nitrogens with one attached hydrogen (secondary N) is 5. The van der Waals surface area contributed by atoms with E-state index in [9.17, 15) is 23.6 Å². The minimum absolute atomic E-state index is 0.0304. The van der Waals surface area contributed by atoms with E-state index in [1.165, 1.54) is 18.2 Å². The molecule has 0 radical (unpaired) electrons. The predicted octanol–water partition coefficient (Wildman–Crippen LogP) is 3.29. The van der Waals surface area contributed by atoms with Crippen LogP contribution in [0.3, 0.4) is 0 Å². The maximum atomic E-state index is 14.5. The van der Waals surface area contributed by atoms with Gasteiger partial charge >= 0.3 is 6.03 Å². The fraction of sp³-hybridized carbons (Fsp3) is 0.375. The minimum Gasteiger partial charge on any atom is -0.486 e. The number of carbonyl (C=O) groups is 4. The van der Waals surface area contributed by atoms with E-state index in [0.29, 0.717) is 42.1 Å². The van der Waals surface area contributed by atoms with Crippen molar-refractivity contribution in [2.24, 2.45) is 0 Å². The quantitative estimate of drug-likeness (QED) is 0.121. The van der Waals surface area contributed by atoms with Crippen molar-refractivity contribution in [1.82, 2.24) is 25.9 Å². The van der Waals surface area contributed by atoms with E-state index in [2.05, 4.69) is 36.6 Å². The van der Waals surface area contributed by atoms with Crippen LogP contribution in [0.2, 0.25) is 0 Å². The number of ketones is 2. The van der Waals surface area contributed by atoms with Gasteiger partial charge in [0.1, 0.15) is 19.0 Å². The van der Waals surface area contributed by atoms with Gasteiger partial charge in [0, 0.05) is 53.8 Å². The first kappa shape index (κ1) is 32.0. The fourth-order valence-electron chi connectivity index (χ4n) is 5.61. The third-order valence-corrected chi connectivity index (χ3v) is 9.47. The first-order valence-corrected chi connectivity index (χ1v) is 16.5. The molecule has 3 atom stereocenters. The molecule has 246 valence electrons. The number of thioether (sulfide) groups is 1. The van der Waals surface area contributed by atoms with E-state index < -0.39 is 17.5 Å². The van der Waals surface area contributed by atoms with Gasteiger partial charge in [0.2, 0.25) is 17.6 Å². The number of urea groups is 1. The van der Waals surface area contributed by atoms with Gasteiger partial charge in [-0.15, -0.1) is 0 Å². The van der Waals surface area contributed by atoms with Crippen molar-refractivity contribution in [2.75, 3.05) is 36.1 Å². The second-order valence-corrected chi connectivity index (χ2v) is 12.6. The van der Waals surface area contributed by atoms with Crippen LogP contribution in [-0.4, -0.2) is 76.3 Å². The van der Waals surface area contributed by atoms with Crippen molar-refractivity contribution >= 4 is 52.7 Å². The molecule has 4 heterocycles. The second kappa shape index (κ2) is 14.7. The van der Waals surface area contributed by atoms with Gasteiger partial charge in [-0.1, -0.05) is 18.6 Å². The van der Waals surface area contributed by atoms with Gasteiger partial charge in [0.05, 0.1) is 24.0 Å². The third kappa shape index (κ3) is 8.09. The Labute approximate surface area is 274 Å². The molecule has 0 bridgehead atoms. The Hall–Kier alpha value is -4.92. The van der Waals surface area contributed by atoms with Crippen molar-refractivity contribution in [2.45, 2.75) is 49.4 Å². The van der Waals surface area contributed by atoms with Gasteiger partial charge in [-0.05, 0) is 31.1 Å². The third-order valence-electron chi connectivity index (χ3n) is 7.96. The standard InChI is InChI=1S/C32H34FN7O6S/c33-21-16-35-31(40-30(21)36-19-8-9-24-25(15-19)46-13-12-45-24)37-22-6-3-4-18(29(22)43)14-27(42)34-11-10-20(41)5-1-2-7-26-28-23(17-47-26)38-32(44)39-28/h3-4,6,8-9,14-16,23,26,28H,1-2,5,7,10-13,17H2,(H,34,42)(H2,38,39,44)(H2,35,36,37,40)/t23-,26-,28-/m0/s1. The van der Waals surface area contributed by atoms with Crippen molar-refractivity contribution in [1.29, 1.82) is 0 Å². The number of amides is 3. The van der Waals surface area contributed by atoms with E-state index in [-0.39, 0.29) is 59.9 Å². The van der Waals surface area contributed by atoms with Gasteiger partial charge in [0.25, 0.3) is 0 Å². The molecular weight excluding hydrogens is 629 g/mol.